The number of nitrogens with one attached hydrogen (secondary N) is 1. The fourth-order valence-corrected chi connectivity index (χ4v) is 0.674. The molecule has 0 aliphatic rings. The van der Waals surface area contributed by atoms with E-state index in [0.717, 1.165) is 0 Å². The van der Waals surface area contributed by atoms with E-state index in [0.29, 0.717) is 0 Å². The van der Waals surface area contributed by atoms with Crippen molar-refractivity contribution in [3.8, 4) is 0 Å². The smallest absolute Gasteiger partial charge is 0.00339 e. The van der Waals surface area contributed by atoms with Gasteiger partial charge in [0.1, 0.15) is 0 Å². The molecular formula is C9H11N. The number of hydrogen-bond acceptors (Lipinski definition) is 0. The van der Waals surface area contributed by atoms with Crippen molar-refractivity contribution in [3.63, 3.8) is 0 Å². The molecule has 0 aromatic carbocycles. The molecule has 1 N–H and O–H groups in total. The van der Waals surface area contributed by atoms with Crippen LogP contribution in [-0.2, 0) is 0 Å². The summed E-state index contributed by atoms with van der Waals surface area (Å²) in [6, 6.07) is 10.0. The lowest BCUT2D eigenvalue weighted by molar-refractivity contribution is 1.31. The molecule has 1 aromatic heterocycles. The molecule has 0 unspecified atom stereocenters. The number of aromatic nitrogens is 1. The Kier molecular flexibility index (Phi) is 2.56. The van der Waals surface area contributed by atoms with E-state index in [1.165, 1.54) is 5.56 Å². The van der Waals surface area contributed by atoms with Gasteiger partial charge in [0.2, 0.25) is 0 Å². The highest BCUT2D eigenvalue weighted by Crippen LogP contribution is 1.87. The quantitative estimate of drug-likeness (QED) is 0.559. The van der Waals surface area contributed by atoms with Gasteiger partial charge in [0.25, 0.3) is 0 Å². The second kappa shape index (κ2) is 3.72. The highest BCUT2D eigenvalue weighted by molar-refractivity contribution is 5.04. The van der Waals surface area contributed by atoms with E-state index >= 15 is 0 Å². The van der Waals surface area contributed by atoms with E-state index in [-0.39, 0.29) is 0 Å². The van der Waals surface area contributed by atoms with Gasteiger partial charge in [0, 0.05) is 12.4 Å². The number of H-pyrrole nitrogens is 1. The van der Waals surface area contributed by atoms with Crippen molar-refractivity contribution in [1.82, 2.24) is 4.98 Å². The standard InChI is InChI=1S/C9H11N/c1-9-6-4-2-3-5-7-10-8-9/h2-8,10H,1H3. The number of aryl methyl sites for hydroxylation is 1. The largest absolute Gasteiger partial charge is 0.367 e. The SMILES string of the molecule is Cc1cccccc[nH]c1. The molecule has 0 saturated carbocycles. The fourth-order valence-electron chi connectivity index (χ4n) is 0.674. The first-order chi connectivity index (χ1) is 4.89. The number of rotatable bonds is 0. The van der Waals surface area contributed by atoms with Crippen LogP contribution in [0.25, 0.3) is 0 Å². The molecule has 1 nitrogen and oxygen atoms in total. The van der Waals surface area contributed by atoms with Crippen LogP contribution >= 0.6 is 0 Å². The van der Waals surface area contributed by atoms with E-state index in [1.54, 1.807) is 0 Å². The molecule has 0 aliphatic carbocycles. The first-order valence-electron chi connectivity index (χ1n) is 3.32. The monoisotopic (exact) mass is 133 g/mol. The lowest BCUT2D eigenvalue weighted by Gasteiger charge is -1.78. The summed E-state index contributed by atoms with van der Waals surface area (Å²) in [4.78, 5) is 3.03. The highest BCUT2D eigenvalue weighted by atomic mass is 14.6. The minimum Gasteiger partial charge on any atom is -0.367 e. The van der Waals surface area contributed by atoms with Crippen LogP contribution in [0.2, 0.25) is 0 Å². The second-order valence-corrected chi connectivity index (χ2v) is 2.16. The topological polar surface area (TPSA) is 15.8 Å². The first-order valence-corrected chi connectivity index (χ1v) is 3.32. The van der Waals surface area contributed by atoms with Crippen molar-refractivity contribution in [3.05, 3.63) is 48.3 Å². The van der Waals surface area contributed by atoms with Crippen LogP contribution in [0.15, 0.2) is 42.7 Å². The third-order valence-corrected chi connectivity index (χ3v) is 1.20. The summed E-state index contributed by atoms with van der Waals surface area (Å²) in [7, 11) is 0. The minimum absolute atomic E-state index is 1.22. The Balaban J connectivity index is 3.13. The zero-order valence-electron chi connectivity index (χ0n) is 6.04. The summed E-state index contributed by atoms with van der Waals surface area (Å²) in [5, 5.41) is 0. The van der Waals surface area contributed by atoms with Crippen molar-refractivity contribution in [2.75, 3.05) is 0 Å². The van der Waals surface area contributed by atoms with Crippen LogP contribution in [0.4, 0.5) is 0 Å². The van der Waals surface area contributed by atoms with Crippen LogP contribution in [0.5, 0.6) is 0 Å². The Morgan fingerprint density at radius 2 is 1.90 bits per heavy atom. The van der Waals surface area contributed by atoms with Crippen molar-refractivity contribution in [2.24, 2.45) is 0 Å². The van der Waals surface area contributed by atoms with Gasteiger partial charge < -0.3 is 4.98 Å². The predicted octanol–water partition coefficient (Wildman–Crippen LogP) is 2.45. The number of hydrogen-bond donors (Lipinski definition) is 1. The van der Waals surface area contributed by atoms with Gasteiger partial charge in [-0.15, -0.1) is 0 Å². The van der Waals surface area contributed by atoms with E-state index in [2.05, 4.69) is 18.0 Å². The van der Waals surface area contributed by atoms with E-state index in [9.17, 15) is 0 Å². The van der Waals surface area contributed by atoms with Gasteiger partial charge >= 0.3 is 0 Å². The Labute approximate surface area is 61.0 Å². The maximum Gasteiger partial charge on any atom is 0.00339 e. The summed E-state index contributed by atoms with van der Waals surface area (Å²) in [5.41, 5.74) is 1.22. The van der Waals surface area contributed by atoms with Gasteiger partial charge in [0.15, 0.2) is 0 Å². The predicted molar refractivity (Wildman–Crippen MR) is 43.2 cm³/mol. The van der Waals surface area contributed by atoms with Gasteiger partial charge in [-0.3, -0.25) is 0 Å². The second-order valence-electron chi connectivity index (χ2n) is 2.16. The van der Waals surface area contributed by atoms with Gasteiger partial charge in [0.05, 0.1) is 0 Å². The summed E-state index contributed by atoms with van der Waals surface area (Å²) in [6.45, 7) is 2.05. The first kappa shape index (κ1) is 6.87. The molecule has 1 heterocycles. The Hall–Kier alpha value is -1.24. The van der Waals surface area contributed by atoms with E-state index < -0.39 is 0 Å². The van der Waals surface area contributed by atoms with Crippen LogP contribution in [0.1, 0.15) is 5.56 Å². The molecule has 0 bridgehead atoms. The minimum atomic E-state index is 1.22. The van der Waals surface area contributed by atoms with Crippen LogP contribution in [-0.4, -0.2) is 4.98 Å². The van der Waals surface area contributed by atoms with Gasteiger partial charge in [-0.25, -0.2) is 0 Å². The molecule has 0 aliphatic heterocycles. The van der Waals surface area contributed by atoms with Gasteiger partial charge in [-0.1, -0.05) is 24.3 Å². The van der Waals surface area contributed by atoms with Crippen molar-refractivity contribution >= 4 is 0 Å². The van der Waals surface area contributed by atoms with Crippen LogP contribution in [0.3, 0.4) is 0 Å². The molecule has 10 heavy (non-hydrogen) atoms. The summed E-state index contributed by atoms with van der Waals surface area (Å²) >= 11 is 0. The molecule has 0 fully saturated rings. The molecule has 0 atom stereocenters. The lowest BCUT2D eigenvalue weighted by Crippen LogP contribution is -1.63. The molecule has 1 aromatic rings. The molecule has 1 rings (SSSR count). The molecule has 52 valence electrons. The zero-order valence-corrected chi connectivity index (χ0v) is 6.04. The lowest BCUT2D eigenvalue weighted by atomic mass is 10.3. The number of aromatic amines is 1. The van der Waals surface area contributed by atoms with Crippen LogP contribution in [0, 0.1) is 6.92 Å². The molecule has 0 saturated heterocycles. The summed E-state index contributed by atoms with van der Waals surface area (Å²) < 4.78 is 0. The van der Waals surface area contributed by atoms with Crippen LogP contribution < -0.4 is 0 Å². The maximum atomic E-state index is 3.03. The van der Waals surface area contributed by atoms with Crippen molar-refractivity contribution in [2.45, 2.75) is 6.92 Å². The average molecular weight is 133 g/mol. The normalized spacial score (nSPS) is 8.50. The van der Waals surface area contributed by atoms with Crippen molar-refractivity contribution < 1.29 is 0 Å². The highest BCUT2D eigenvalue weighted by Gasteiger charge is 1.69. The molecule has 0 amide bonds. The molecule has 0 radical (unpaired) electrons. The summed E-state index contributed by atoms with van der Waals surface area (Å²) in [5.74, 6) is 0. The van der Waals surface area contributed by atoms with E-state index in [4.69, 9.17) is 0 Å². The van der Waals surface area contributed by atoms with E-state index in [1.807, 2.05) is 36.7 Å². The average Bonchev–Trinajstić information content (AvgIpc) is 2.02. The maximum absolute atomic E-state index is 3.03. The van der Waals surface area contributed by atoms with Gasteiger partial charge in [-0.05, 0) is 18.6 Å². The third kappa shape index (κ3) is 2.35. The van der Waals surface area contributed by atoms with Crippen molar-refractivity contribution in [1.29, 1.82) is 0 Å². The zero-order chi connectivity index (χ0) is 7.23. The Morgan fingerprint density at radius 3 is 2.80 bits per heavy atom. The molecule has 1 heteroatoms. The Bertz CT molecular complexity index is 212. The fraction of sp³-hybridized carbons (Fsp3) is 0.111. The Morgan fingerprint density at radius 1 is 1.10 bits per heavy atom. The summed E-state index contributed by atoms with van der Waals surface area (Å²) in [6.07, 6.45) is 3.85. The molecule has 0 spiro atoms. The molecular weight excluding hydrogens is 122 g/mol. The third-order valence-electron chi connectivity index (χ3n) is 1.20. The van der Waals surface area contributed by atoms with Gasteiger partial charge in [-0.2, -0.15) is 0 Å².